The summed E-state index contributed by atoms with van der Waals surface area (Å²) in [5.41, 5.74) is 2.29. The number of thiazole rings is 1. The molecule has 0 aliphatic carbocycles. The Hall–Kier alpha value is -2.18. The summed E-state index contributed by atoms with van der Waals surface area (Å²) in [6, 6.07) is 10.1. The maximum Gasteiger partial charge on any atom is 0.258 e. The summed E-state index contributed by atoms with van der Waals surface area (Å²) in [5.74, 6) is 1.70. The summed E-state index contributed by atoms with van der Waals surface area (Å²) >= 11 is 1.51. The second kappa shape index (κ2) is 8.23. The Morgan fingerprint density at radius 1 is 1.22 bits per heavy atom. The zero-order chi connectivity index (χ0) is 18.6. The second-order valence-electron chi connectivity index (χ2n) is 7.25. The van der Waals surface area contributed by atoms with Crippen molar-refractivity contribution in [3.05, 3.63) is 63.5 Å². The smallest absolute Gasteiger partial charge is 0.258 e. The van der Waals surface area contributed by atoms with Crippen molar-refractivity contribution in [2.75, 3.05) is 20.2 Å². The van der Waals surface area contributed by atoms with Gasteiger partial charge in [0.1, 0.15) is 5.75 Å². The molecule has 6 heteroatoms. The van der Waals surface area contributed by atoms with Gasteiger partial charge in [0.2, 0.25) is 0 Å². The van der Waals surface area contributed by atoms with Crippen LogP contribution in [0.25, 0.3) is 4.96 Å². The highest BCUT2D eigenvalue weighted by Crippen LogP contribution is 2.24. The van der Waals surface area contributed by atoms with Gasteiger partial charge in [-0.1, -0.05) is 12.1 Å². The van der Waals surface area contributed by atoms with Crippen molar-refractivity contribution < 1.29 is 4.74 Å². The molecule has 27 heavy (non-hydrogen) atoms. The number of benzene rings is 1. The van der Waals surface area contributed by atoms with Crippen LogP contribution in [-0.2, 0) is 13.0 Å². The molecule has 1 fully saturated rings. The molecule has 1 aromatic carbocycles. The van der Waals surface area contributed by atoms with Crippen LogP contribution in [-0.4, -0.2) is 34.5 Å². The zero-order valence-electron chi connectivity index (χ0n) is 15.6. The van der Waals surface area contributed by atoms with E-state index in [1.165, 1.54) is 36.2 Å². The summed E-state index contributed by atoms with van der Waals surface area (Å²) in [6.07, 6.45) is 6.59. The fourth-order valence-corrected chi connectivity index (χ4v) is 4.53. The van der Waals surface area contributed by atoms with Crippen molar-refractivity contribution in [1.29, 1.82) is 0 Å². The molecule has 1 saturated heterocycles. The van der Waals surface area contributed by atoms with Crippen LogP contribution in [0.3, 0.4) is 0 Å². The average Bonchev–Trinajstić information content (AvgIpc) is 3.17. The summed E-state index contributed by atoms with van der Waals surface area (Å²) in [6.45, 7) is 2.94. The van der Waals surface area contributed by atoms with Gasteiger partial charge in [-0.05, 0) is 62.4 Å². The number of likely N-dealkylation sites (tertiary alicyclic amines) is 1. The molecule has 2 aromatic heterocycles. The molecule has 3 heterocycles. The molecule has 0 spiro atoms. The standard InChI is InChI=1S/C21H25N3O2S/c1-26-19-6-4-16(5-7-19)2-3-17-8-10-23(11-9-17)15-18-14-20(25)24-12-13-27-21(24)22-18/h4-7,12-14,17H,2-3,8-11,15H2,1H3. The minimum absolute atomic E-state index is 0.0191. The molecule has 1 aliphatic rings. The van der Waals surface area contributed by atoms with Crippen LogP contribution in [0.15, 0.2) is 46.7 Å². The van der Waals surface area contributed by atoms with Crippen LogP contribution in [0.2, 0.25) is 0 Å². The van der Waals surface area contributed by atoms with Crippen LogP contribution < -0.4 is 10.3 Å². The molecule has 0 unspecified atom stereocenters. The van der Waals surface area contributed by atoms with Crippen LogP contribution in [0, 0.1) is 5.92 Å². The minimum atomic E-state index is 0.0191. The van der Waals surface area contributed by atoms with Crippen LogP contribution >= 0.6 is 11.3 Å². The monoisotopic (exact) mass is 383 g/mol. The lowest BCUT2D eigenvalue weighted by Crippen LogP contribution is -2.34. The molecule has 0 radical (unpaired) electrons. The third-order valence-electron chi connectivity index (χ3n) is 5.45. The van der Waals surface area contributed by atoms with Crippen molar-refractivity contribution in [2.24, 2.45) is 5.92 Å². The third kappa shape index (κ3) is 4.39. The Labute approximate surface area is 163 Å². The maximum atomic E-state index is 12.1. The number of aromatic nitrogens is 2. The number of hydrogen-bond acceptors (Lipinski definition) is 5. The highest BCUT2D eigenvalue weighted by molar-refractivity contribution is 7.15. The Morgan fingerprint density at radius 3 is 2.74 bits per heavy atom. The molecule has 1 aliphatic heterocycles. The van der Waals surface area contributed by atoms with Crippen LogP contribution in [0.5, 0.6) is 5.75 Å². The molecule has 5 nitrogen and oxygen atoms in total. The fourth-order valence-electron chi connectivity index (χ4n) is 3.79. The number of fused-ring (bicyclic) bond motifs is 1. The third-order valence-corrected chi connectivity index (χ3v) is 6.21. The molecule has 0 atom stereocenters. The number of ether oxygens (including phenoxy) is 1. The van der Waals surface area contributed by atoms with E-state index in [1.54, 1.807) is 23.8 Å². The molecule has 3 aromatic rings. The maximum absolute atomic E-state index is 12.1. The van der Waals surface area contributed by atoms with E-state index in [-0.39, 0.29) is 5.56 Å². The lowest BCUT2D eigenvalue weighted by molar-refractivity contribution is 0.171. The number of methoxy groups -OCH3 is 1. The minimum Gasteiger partial charge on any atom is -0.497 e. The predicted octanol–water partition coefficient (Wildman–Crippen LogP) is 3.61. The van der Waals surface area contributed by atoms with Gasteiger partial charge in [-0.15, -0.1) is 11.3 Å². The predicted molar refractivity (Wildman–Crippen MR) is 109 cm³/mol. The van der Waals surface area contributed by atoms with Gasteiger partial charge in [0.15, 0.2) is 4.96 Å². The van der Waals surface area contributed by atoms with E-state index in [1.807, 2.05) is 17.5 Å². The molecular formula is C21H25N3O2S. The zero-order valence-corrected chi connectivity index (χ0v) is 16.5. The molecule has 142 valence electrons. The first-order valence-corrected chi connectivity index (χ1v) is 10.4. The highest BCUT2D eigenvalue weighted by Gasteiger charge is 2.20. The van der Waals surface area contributed by atoms with E-state index in [9.17, 15) is 4.79 Å². The Morgan fingerprint density at radius 2 is 2.00 bits per heavy atom. The van der Waals surface area contributed by atoms with Crippen molar-refractivity contribution in [2.45, 2.75) is 32.2 Å². The topological polar surface area (TPSA) is 46.8 Å². The first-order valence-electron chi connectivity index (χ1n) is 9.52. The highest BCUT2D eigenvalue weighted by atomic mass is 32.1. The number of piperidine rings is 1. The Bertz CT molecular complexity index is 940. The molecule has 0 N–H and O–H groups in total. The van der Waals surface area contributed by atoms with Gasteiger partial charge < -0.3 is 4.74 Å². The molecule has 0 bridgehead atoms. The van der Waals surface area contributed by atoms with Crippen molar-refractivity contribution >= 4 is 16.3 Å². The lowest BCUT2D eigenvalue weighted by atomic mass is 9.90. The van der Waals surface area contributed by atoms with Gasteiger partial charge in [0.05, 0.1) is 12.8 Å². The van der Waals surface area contributed by atoms with E-state index in [2.05, 4.69) is 22.0 Å². The summed E-state index contributed by atoms with van der Waals surface area (Å²) in [4.78, 5) is 20.0. The first-order chi connectivity index (χ1) is 13.2. The van der Waals surface area contributed by atoms with E-state index in [0.29, 0.717) is 0 Å². The Balaban J connectivity index is 1.27. The van der Waals surface area contributed by atoms with E-state index >= 15 is 0 Å². The molecule has 0 amide bonds. The average molecular weight is 384 g/mol. The van der Waals surface area contributed by atoms with E-state index in [4.69, 9.17) is 4.74 Å². The number of rotatable bonds is 6. The normalized spacial score (nSPS) is 16.0. The van der Waals surface area contributed by atoms with Gasteiger partial charge in [0.25, 0.3) is 5.56 Å². The molecular weight excluding hydrogens is 358 g/mol. The summed E-state index contributed by atoms with van der Waals surface area (Å²) < 4.78 is 6.83. The van der Waals surface area contributed by atoms with Crippen molar-refractivity contribution in [3.8, 4) is 5.75 Å². The van der Waals surface area contributed by atoms with Gasteiger partial charge in [0, 0.05) is 24.2 Å². The largest absolute Gasteiger partial charge is 0.497 e. The van der Waals surface area contributed by atoms with Gasteiger partial charge in [-0.25, -0.2) is 4.98 Å². The van der Waals surface area contributed by atoms with E-state index < -0.39 is 0 Å². The van der Waals surface area contributed by atoms with Gasteiger partial charge >= 0.3 is 0 Å². The van der Waals surface area contributed by atoms with Crippen molar-refractivity contribution in [3.63, 3.8) is 0 Å². The number of aryl methyl sites for hydroxylation is 1. The number of hydrogen-bond donors (Lipinski definition) is 0. The summed E-state index contributed by atoms with van der Waals surface area (Å²) in [5, 5.41) is 1.90. The van der Waals surface area contributed by atoms with Crippen LogP contribution in [0.1, 0.15) is 30.5 Å². The Kier molecular flexibility index (Phi) is 5.55. The number of nitrogens with zero attached hydrogens (tertiary/aromatic N) is 3. The fraction of sp³-hybridized carbons (Fsp3) is 0.429. The van der Waals surface area contributed by atoms with Gasteiger partial charge in [-0.2, -0.15) is 0 Å². The second-order valence-corrected chi connectivity index (χ2v) is 8.12. The van der Waals surface area contributed by atoms with Crippen molar-refractivity contribution in [1.82, 2.24) is 14.3 Å². The van der Waals surface area contributed by atoms with E-state index in [0.717, 1.165) is 48.4 Å². The first kappa shape index (κ1) is 18.2. The summed E-state index contributed by atoms with van der Waals surface area (Å²) in [7, 11) is 1.70. The SMILES string of the molecule is COc1ccc(CCC2CCN(Cc3cc(=O)n4ccsc4n3)CC2)cc1. The molecule has 0 saturated carbocycles. The van der Waals surface area contributed by atoms with Gasteiger partial charge in [-0.3, -0.25) is 14.1 Å². The lowest BCUT2D eigenvalue weighted by Gasteiger charge is -2.31. The quantitative estimate of drug-likeness (QED) is 0.652. The van der Waals surface area contributed by atoms with Crippen LogP contribution in [0.4, 0.5) is 0 Å². The molecule has 4 rings (SSSR count).